The number of hydrogen-bond donors (Lipinski definition) is 0. The van der Waals surface area contributed by atoms with Gasteiger partial charge in [-0.05, 0) is 47.0 Å². The number of amides is 1. The van der Waals surface area contributed by atoms with Crippen LogP contribution < -0.4 is 4.90 Å². The predicted octanol–water partition coefficient (Wildman–Crippen LogP) is 3.39. The third-order valence-electron chi connectivity index (χ3n) is 4.13. The van der Waals surface area contributed by atoms with Crippen molar-refractivity contribution < 1.29 is 23.6 Å². The second-order valence-electron chi connectivity index (χ2n) is 7.51. The van der Waals surface area contributed by atoms with Gasteiger partial charge in [-0.1, -0.05) is 16.9 Å². The summed E-state index contributed by atoms with van der Waals surface area (Å²) in [5.41, 5.74) is -0.716. The molecule has 0 bridgehead atoms. The molecule has 0 N–H and O–H groups in total. The Labute approximate surface area is 158 Å². The van der Waals surface area contributed by atoms with E-state index in [0.29, 0.717) is 12.5 Å². The van der Waals surface area contributed by atoms with E-state index >= 15 is 0 Å². The van der Waals surface area contributed by atoms with Crippen molar-refractivity contribution in [2.45, 2.75) is 70.5 Å². The third-order valence-corrected chi connectivity index (χ3v) is 5.10. The number of carbonyl (C=O) groups is 2. The lowest BCUT2D eigenvalue weighted by molar-refractivity contribution is -0.170. The Hall–Kier alpha value is -1.38. The van der Waals surface area contributed by atoms with E-state index in [4.69, 9.17) is 14.0 Å². The number of thioether (sulfide) groups is 1. The van der Waals surface area contributed by atoms with Gasteiger partial charge < -0.3 is 14.0 Å². The van der Waals surface area contributed by atoms with Gasteiger partial charge in [0.25, 0.3) is 0 Å². The molecule has 1 fully saturated rings. The third kappa shape index (κ3) is 5.31. The lowest BCUT2D eigenvalue weighted by Crippen LogP contribution is -2.56. The van der Waals surface area contributed by atoms with Gasteiger partial charge in [0.1, 0.15) is 0 Å². The summed E-state index contributed by atoms with van der Waals surface area (Å²) in [6, 6.07) is 1.63. The minimum absolute atomic E-state index is 0.120. The van der Waals surface area contributed by atoms with Crippen molar-refractivity contribution in [2.24, 2.45) is 0 Å². The Balaban J connectivity index is 2.20. The Morgan fingerprint density at radius 2 is 2.08 bits per heavy atom. The molecule has 1 saturated heterocycles. The Morgan fingerprint density at radius 1 is 1.35 bits per heavy atom. The fourth-order valence-corrected chi connectivity index (χ4v) is 3.77. The number of aromatic nitrogens is 1. The lowest BCUT2D eigenvalue weighted by atomic mass is 10.0. The van der Waals surface area contributed by atoms with Crippen molar-refractivity contribution >= 4 is 28.7 Å². The molecular formula is C18H28N2O5S. The normalized spacial score (nSPS) is 18.6. The number of carbonyl (C=O) groups excluding carboxylic acids is 2. The molecule has 0 spiro atoms. The SMILES string of the molecule is CC(=O)SC(C)(C)C(=O)N(c1ccno1)C(C)(C)COC1CCCCO1. The molecule has 1 atom stereocenters. The smallest absolute Gasteiger partial charge is 0.246 e. The summed E-state index contributed by atoms with van der Waals surface area (Å²) in [5, 5.41) is 3.60. The van der Waals surface area contributed by atoms with E-state index in [0.717, 1.165) is 31.0 Å². The second-order valence-corrected chi connectivity index (χ2v) is 9.31. The number of rotatable bonds is 7. The Morgan fingerprint density at radius 3 is 2.62 bits per heavy atom. The average Bonchev–Trinajstić information content (AvgIpc) is 3.06. The van der Waals surface area contributed by atoms with Crippen molar-refractivity contribution in [3.8, 4) is 0 Å². The van der Waals surface area contributed by atoms with Gasteiger partial charge in [0.2, 0.25) is 11.8 Å². The first kappa shape index (κ1) is 20.9. The van der Waals surface area contributed by atoms with Gasteiger partial charge in [0.05, 0.1) is 23.1 Å². The number of ether oxygens (including phenoxy) is 2. The molecule has 8 heteroatoms. The van der Waals surface area contributed by atoms with E-state index in [1.54, 1.807) is 19.9 Å². The van der Waals surface area contributed by atoms with E-state index in [1.807, 2.05) is 13.8 Å². The highest BCUT2D eigenvalue weighted by atomic mass is 32.2. The fourth-order valence-electron chi connectivity index (χ4n) is 2.87. The van der Waals surface area contributed by atoms with Crippen LogP contribution in [-0.4, -0.2) is 46.0 Å². The highest BCUT2D eigenvalue weighted by molar-refractivity contribution is 8.15. The Kier molecular flexibility index (Phi) is 6.87. The van der Waals surface area contributed by atoms with Gasteiger partial charge in [-0.25, -0.2) is 0 Å². The molecule has 0 aliphatic carbocycles. The van der Waals surface area contributed by atoms with Crippen LogP contribution in [0.25, 0.3) is 0 Å². The molecule has 2 heterocycles. The first-order valence-electron chi connectivity index (χ1n) is 8.81. The van der Waals surface area contributed by atoms with Crippen LogP contribution in [0.15, 0.2) is 16.8 Å². The van der Waals surface area contributed by atoms with Crippen LogP contribution in [0.4, 0.5) is 5.88 Å². The van der Waals surface area contributed by atoms with Crippen LogP contribution >= 0.6 is 11.8 Å². The molecule has 26 heavy (non-hydrogen) atoms. The predicted molar refractivity (Wildman–Crippen MR) is 100.0 cm³/mol. The monoisotopic (exact) mass is 384 g/mol. The van der Waals surface area contributed by atoms with E-state index in [1.165, 1.54) is 18.0 Å². The van der Waals surface area contributed by atoms with Crippen molar-refractivity contribution in [1.82, 2.24) is 5.16 Å². The summed E-state index contributed by atoms with van der Waals surface area (Å²) < 4.78 is 15.9. The Bertz CT molecular complexity index is 609. The van der Waals surface area contributed by atoms with Crippen LogP contribution in [0.3, 0.4) is 0 Å². The minimum Gasteiger partial charge on any atom is -0.353 e. The van der Waals surface area contributed by atoms with Crippen LogP contribution in [0.2, 0.25) is 0 Å². The van der Waals surface area contributed by atoms with Crippen molar-refractivity contribution in [3.05, 3.63) is 12.3 Å². The van der Waals surface area contributed by atoms with E-state index in [-0.39, 0.29) is 23.9 Å². The standard InChI is InChI=1S/C18H28N2O5S/c1-13(21)26-18(4,5)16(22)20(14-9-10-19-25-14)17(2,3)12-24-15-8-6-7-11-23-15/h9-10,15H,6-8,11-12H2,1-5H3. The highest BCUT2D eigenvalue weighted by Crippen LogP contribution is 2.34. The first-order chi connectivity index (χ1) is 12.1. The molecule has 0 saturated carbocycles. The number of anilines is 1. The fraction of sp³-hybridized carbons (Fsp3) is 0.722. The van der Waals surface area contributed by atoms with E-state index in [2.05, 4.69) is 5.16 Å². The highest BCUT2D eigenvalue weighted by Gasteiger charge is 2.43. The zero-order valence-electron chi connectivity index (χ0n) is 16.1. The summed E-state index contributed by atoms with van der Waals surface area (Å²) in [6.07, 6.45) is 4.19. The summed E-state index contributed by atoms with van der Waals surface area (Å²) >= 11 is 0.995. The van der Waals surface area contributed by atoms with Gasteiger partial charge in [-0.3, -0.25) is 14.5 Å². The maximum atomic E-state index is 13.3. The van der Waals surface area contributed by atoms with Gasteiger partial charge in [0, 0.05) is 19.6 Å². The molecule has 1 aliphatic heterocycles. The van der Waals surface area contributed by atoms with Gasteiger partial charge in [-0.2, -0.15) is 0 Å². The molecule has 2 rings (SSSR count). The van der Waals surface area contributed by atoms with Crippen LogP contribution in [0.1, 0.15) is 53.9 Å². The molecule has 1 aliphatic rings. The minimum atomic E-state index is -0.947. The maximum absolute atomic E-state index is 13.3. The summed E-state index contributed by atoms with van der Waals surface area (Å²) in [4.78, 5) is 26.4. The zero-order valence-corrected chi connectivity index (χ0v) is 16.9. The summed E-state index contributed by atoms with van der Waals surface area (Å²) in [7, 11) is 0. The lowest BCUT2D eigenvalue weighted by Gasteiger charge is -2.40. The molecule has 0 aromatic carbocycles. The molecule has 0 radical (unpaired) electrons. The van der Waals surface area contributed by atoms with Crippen molar-refractivity contribution in [3.63, 3.8) is 0 Å². The quantitative estimate of drug-likeness (QED) is 0.712. The molecule has 1 amide bonds. The molecular weight excluding hydrogens is 356 g/mol. The number of nitrogens with zero attached hydrogens (tertiary/aromatic N) is 2. The summed E-state index contributed by atoms with van der Waals surface area (Å²) in [5.74, 6) is 0.0815. The van der Waals surface area contributed by atoms with Crippen molar-refractivity contribution in [2.75, 3.05) is 18.1 Å². The first-order valence-corrected chi connectivity index (χ1v) is 9.63. The van der Waals surface area contributed by atoms with Crippen LogP contribution in [-0.2, 0) is 19.1 Å². The number of hydrogen-bond acceptors (Lipinski definition) is 7. The molecule has 7 nitrogen and oxygen atoms in total. The van der Waals surface area contributed by atoms with Gasteiger partial charge >= 0.3 is 0 Å². The largest absolute Gasteiger partial charge is 0.353 e. The van der Waals surface area contributed by atoms with Gasteiger partial charge in [0.15, 0.2) is 11.4 Å². The van der Waals surface area contributed by atoms with E-state index in [9.17, 15) is 9.59 Å². The van der Waals surface area contributed by atoms with Crippen LogP contribution in [0, 0.1) is 0 Å². The topological polar surface area (TPSA) is 81.9 Å². The molecule has 1 unspecified atom stereocenters. The zero-order chi connectivity index (χ0) is 19.4. The van der Waals surface area contributed by atoms with Crippen molar-refractivity contribution in [1.29, 1.82) is 0 Å². The second kappa shape index (κ2) is 8.54. The molecule has 1 aromatic heterocycles. The molecule has 146 valence electrons. The molecule has 1 aromatic rings. The van der Waals surface area contributed by atoms with Gasteiger partial charge in [-0.15, -0.1) is 0 Å². The summed E-state index contributed by atoms with van der Waals surface area (Å²) in [6.45, 7) is 9.66. The van der Waals surface area contributed by atoms with Crippen LogP contribution in [0.5, 0.6) is 0 Å². The maximum Gasteiger partial charge on any atom is 0.246 e. The van der Waals surface area contributed by atoms with E-state index < -0.39 is 10.3 Å². The average molecular weight is 384 g/mol.